The number of hydrogen-bond acceptors (Lipinski definition) is 2. The fourth-order valence-corrected chi connectivity index (χ4v) is 2.21. The van der Waals surface area contributed by atoms with Crippen molar-refractivity contribution < 1.29 is 4.74 Å². The first-order chi connectivity index (χ1) is 7.84. The van der Waals surface area contributed by atoms with Crippen LogP contribution in [0.3, 0.4) is 0 Å². The van der Waals surface area contributed by atoms with Gasteiger partial charge in [0.05, 0.1) is 0 Å². The van der Waals surface area contributed by atoms with E-state index in [4.69, 9.17) is 16.3 Å². The lowest BCUT2D eigenvalue weighted by Crippen LogP contribution is -1.90. The van der Waals surface area contributed by atoms with Crippen molar-refractivity contribution in [2.45, 2.75) is 12.8 Å². The summed E-state index contributed by atoms with van der Waals surface area (Å²) < 4.78 is 5.79. The molecule has 0 N–H and O–H groups in total. The van der Waals surface area contributed by atoms with Gasteiger partial charge in [-0.1, -0.05) is 23.7 Å². The second-order valence-corrected chi connectivity index (χ2v) is 4.19. The van der Waals surface area contributed by atoms with Crippen molar-refractivity contribution >= 4 is 11.6 Å². The monoisotopic (exact) mass is 231 g/mol. The highest BCUT2D eigenvalue weighted by Crippen LogP contribution is 2.35. The second kappa shape index (κ2) is 3.80. The van der Waals surface area contributed by atoms with Gasteiger partial charge in [-0.05, 0) is 31.0 Å². The van der Waals surface area contributed by atoms with E-state index in [1.807, 2.05) is 30.3 Å². The van der Waals surface area contributed by atoms with Gasteiger partial charge in [-0.15, -0.1) is 0 Å². The molecule has 1 aliphatic heterocycles. The number of halogens is 1. The van der Waals surface area contributed by atoms with Crippen molar-refractivity contribution in [3.05, 3.63) is 52.7 Å². The summed E-state index contributed by atoms with van der Waals surface area (Å²) in [6, 6.07) is 9.70. The zero-order chi connectivity index (χ0) is 11.0. The quantitative estimate of drug-likeness (QED) is 0.691. The molecule has 0 aliphatic carbocycles. The van der Waals surface area contributed by atoms with E-state index in [2.05, 4.69) is 4.98 Å². The van der Waals surface area contributed by atoms with Crippen LogP contribution in [0.25, 0.3) is 0 Å². The lowest BCUT2D eigenvalue weighted by atomic mass is 10.1. The van der Waals surface area contributed by atoms with Gasteiger partial charge in [-0.3, -0.25) is 0 Å². The largest absolute Gasteiger partial charge is 0.438 e. The molecule has 1 aromatic heterocycles. The number of pyridine rings is 1. The topological polar surface area (TPSA) is 22.1 Å². The molecular weight excluding hydrogens is 222 g/mol. The van der Waals surface area contributed by atoms with Gasteiger partial charge in [0, 0.05) is 22.3 Å². The number of hydrogen-bond donors (Lipinski definition) is 0. The first kappa shape index (κ1) is 9.67. The summed E-state index contributed by atoms with van der Waals surface area (Å²) in [6.45, 7) is 0. The molecule has 2 nitrogen and oxygen atoms in total. The molecule has 3 heteroatoms. The molecule has 0 radical (unpaired) electrons. The first-order valence-corrected chi connectivity index (χ1v) is 5.61. The summed E-state index contributed by atoms with van der Waals surface area (Å²) in [5.74, 6) is 1.52. The smallest absolute Gasteiger partial charge is 0.222 e. The van der Waals surface area contributed by atoms with Gasteiger partial charge in [0.1, 0.15) is 5.75 Å². The summed E-state index contributed by atoms with van der Waals surface area (Å²) in [6.07, 6.45) is 3.56. The van der Waals surface area contributed by atoms with Crippen molar-refractivity contribution in [3.63, 3.8) is 0 Å². The minimum Gasteiger partial charge on any atom is -0.438 e. The zero-order valence-corrected chi connectivity index (χ0v) is 9.37. The Hall–Kier alpha value is -1.54. The Balaban J connectivity index is 2.12. The molecule has 2 heterocycles. The van der Waals surface area contributed by atoms with Crippen molar-refractivity contribution in [1.82, 2.24) is 4.98 Å². The van der Waals surface area contributed by atoms with E-state index in [1.165, 1.54) is 0 Å². The van der Waals surface area contributed by atoms with Gasteiger partial charge < -0.3 is 4.74 Å². The van der Waals surface area contributed by atoms with Gasteiger partial charge in [-0.2, -0.15) is 0 Å². The Kier molecular flexibility index (Phi) is 2.29. The molecule has 16 heavy (non-hydrogen) atoms. The van der Waals surface area contributed by atoms with Crippen molar-refractivity contribution in [2.24, 2.45) is 0 Å². The zero-order valence-electron chi connectivity index (χ0n) is 8.61. The number of ether oxygens (including phenoxy) is 1. The third-order valence-electron chi connectivity index (χ3n) is 2.78. The van der Waals surface area contributed by atoms with Crippen molar-refractivity contribution in [2.75, 3.05) is 0 Å². The molecule has 0 saturated carbocycles. The van der Waals surface area contributed by atoms with Crippen LogP contribution in [0.4, 0.5) is 0 Å². The van der Waals surface area contributed by atoms with E-state index < -0.39 is 0 Å². The van der Waals surface area contributed by atoms with Crippen LogP contribution in [-0.4, -0.2) is 4.98 Å². The normalized spacial score (nSPS) is 13.3. The minimum absolute atomic E-state index is 0.698. The molecule has 0 atom stereocenters. The number of fused-ring (bicyclic) bond motifs is 2. The predicted octanol–water partition coefficient (Wildman–Crippen LogP) is 3.63. The third-order valence-corrected chi connectivity index (χ3v) is 3.13. The Morgan fingerprint density at radius 3 is 3.00 bits per heavy atom. The molecule has 0 spiro atoms. The third kappa shape index (κ3) is 1.55. The van der Waals surface area contributed by atoms with Crippen LogP contribution in [-0.2, 0) is 12.8 Å². The Morgan fingerprint density at radius 1 is 1.12 bits per heavy atom. The van der Waals surface area contributed by atoms with Crippen LogP contribution in [0.1, 0.15) is 11.1 Å². The summed E-state index contributed by atoms with van der Waals surface area (Å²) in [5.41, 5.74) is 2.21. The van der Waals surface area contributed by atoms with Crippen LogP contribution >= 0.6 is 11.6 Å². The van der Waals surface area contributed by atoms with Crippen molar-refractivity contribution in [3.8, 4) is 11.6 Å². The summed E-state index contributed by atoms with van der Waals surface area (Å²) in [4.78, 5) is 4.24. The van der Waals surface area contributed by atoms with E-state index in [9.17, 15) is 0 Å². The van der Waals surface area contributed by atoms with E-state index in [-0.39, 0.29) is 0 Å². The minimum atomic E-state index is 0.698. The van der Waals surface area contributed by atoms with Crippen LogP contribution in [0.15, 0.2) is 36.5 Å². The first-order valence-electron chi connectivity index (χ1n) is 5.24. The maximum Gasteiger partial charge on any atom is 0.222 e. The highest BCUT2D eigenvalue weighted by molar-refractivity contribution is 6.31. The van der Waals surface area contributed by atoms with Gasteiger partial charge >= 0.3 is 0 Å². The molecule has 0 fully saturated rings. The van der Waals surface area contributed by atoms with Crippen molar-refractivity contribution in [1.29, 1.82) is 0 Å². The molecule has 0 amide bonds. The van der Waals surface area contributed by atoms with E-state index in [1.54, 1.807) is 6.20 Å². The standard InChI is InChI=1S/C13H10ClNO/c14-11-4-1-5-12-10(11)7-6-9-3-2-8-15-13(9)16-12/h1-5,8H,6-7H2. The molecule has 1 aliphatic rings. The lowest BCUT2D eigenvalue weighted by Gasteiger charge is -2.07. The molecule has 3 rings (SSSR count). The summed E-state index contributed by atoms with van der Waals surface area (Å²) in [5, 5.41) is 0.769. The molecule has 0 saturated heterocycles. The number of nitrogens with zero attached hydrogens (tertiary/aromatic N) is 1. The number of benzene rings is 1. The van der Waals surface area contributed by atoms with Crippen LogP contribution in [0, 0.1) is 0 Å². The van der Waals surface area contributed by atoms with Gasteiger partial charge in [0.15, 0.2) is 0 Å². The molecule has 0 bridgehead atoms. The van der Waals surface area contributed by atoms with Crippen LogP contribution in [0.2, 0.25) is 5.02 Å². The highest BCUT2D eigenvalue weighted by atomic mass is 35.5. The predicted molar refractivity (Wildman–Crippen MR) is 63.2 cm³/mol. The number of aryl methyl sites for hydroxylation is 1. The fraction of sp³-hybridized carbons (Fsp3) is 0.154. The maximum absolute atomic E-state index is 6.16. The molecule has 0 unspecified atom stereocenters. The van der Waals surface area contributed by atoms with Crippen LogP contribution in [0.5, 0.6) is 11.6 Å². The van der Waals surface area contributed by atoms with E-state index in [0.29, 0.717) is 5.88 Å². The van der Waals surface area contributed by atoms with E-state index in [0.717, 1.165) is 34.7 Å². The average Bonchev–Trinajstić information content (AvgIpc) is 2.48. The molecule has 2 aromatic rings. The average molecular weight is 232 g/mol. The van der Waals surface area contributed by atoms with E-state index >= 15 is 0 Å². The SMILES string of the molecule is Clc1cccc2c1CCc1cccnc1O2. The van der Waals surface area contributed by atoms with Gasteiger partial charge in [-0.25, -0.2) is 4.98 Å². The molecular formula is C13H10ClNO. The van der Waals surface area contributed by atoms with Gasteiger partial charge in [0.25, 0.3) is 0 Å². The lowest BCUT2D eigenvalue weighted by molar-refractivity contribution is 0.459. The maximum atomic E-state index is 6.16. The van der Waals surface area contributed by atoms with Crippen LogP contribution < -0.4 is 4.74 Å². The molecule has 1 aromatic carbocycles. The Labute approximate surface area is 98.8 Å². The highest BCUT2D eigenvalue weighted by Gasteiger charge is 2.16. The molecule has 80 valence electrons. The number of aromatic nitrogens is 1. The number of rotatable bonds is 0. The summed E-state index contributed by atoms with van der Waals surface area (Å²) >= 11 is 6.16. The summed E-state index contributed by atoms with van der Waals surface area (Å²) in [7, 11) is 0. The Morgan fingerprint density at radius 2 is 2.06 bits per heavy atom. The van der Waals surface area contributed by atoms with Gasteiger partial charge in [0.2, 0.25) is 5.88 Å². The second-order valence-electron chi connectivity index (χ2n) is 3.79. The fourth-order valence-electron chi connectivity index (χ4n) is 1.95. The Bertz CT molecular complexity index is 539.